The van der Waals surface area contributed by atoms with Crippen molar-refractivity contribution in [3.63, 3.8) is 0 Å². The van der Waals surface area contributed by atoms with Crippen LogP contribution in [-0.2, 0) is 14.4 Å². The number of para-hydroxylation sites is 1. The van der Waals surface area contributed by atoms with Crippen LogP contribution in [0.4, 0.5) is 21.5 Å². The maximum Gasteiger partial charge on any atom is 0.321 e. The maximum atomic E-state index is 15.4. The van der Waals surface area contributed by atoms with E-state index >= 15 is 4.39 Å². The summed E-state index contributed by atoms with van der Waals surface area (Å²) < 4.78 is 21.0. The fourth-order valence-corrected chi connectivity index (χ4v) is 7.57. The van der Waals surface area contributed by atoms with Gasteiger partial charge in [-0.25, -0.2) is 14.4 Å². The van der Waals surface area contributed by atoms with E-state index in [1.54, 1.807) is 21.9 Å². The zero-order chi connectivity index (χ0) is 38.9. The summed E-state index contributed by atoms with van der Waals surface area (Å²) in [4.78, 5) is 91.5. The van der Waals surface area contributed by atoms with Gasteiger partial charge in [0.1, 0.15) is 17.6 Å². The number of aromatic nitrogens is 2. The Kier molecular flexibility index (Phi) is 9.85. The van der Waals surface area contributed by atoms with Crippen LogP contribution in [0.15, 0.2) is 79.1 Å². The minimum Gasteiger partial charge on any atom is -0.424 e. The molecule has 3 fully saturated rings. The number of piperidine rings is 2. The Morgan fingerprint density at radius 2 is 1.45 bits per heavy atom. The van der Waals surface area contributed by atoms with Crippen molar-refractivity contribution in [2.75, 3.05) is 54.4 Å². The summed E-state index contributed by atoms with van der Waals surface area (Å²) in [6, 6.07) is 18.0. The number of benzene rings is 3. The lowest BCUT2D eigenvalue weighted by molar-refractivity contribution is -0.137. The lowest BCUT2D eigenvalue weighted by Crippen LogP contribution is -2.54. The summed E-state index contributed by atoms with van der Waals surface area (Å²) in [7, 11) is 0. The largest absolute Gasteiger partial charge is 0.424 e. The summed E-state index contributed by atoms with van der Waals surface area (Å²) in [5, 5.41) is 5.01. The predicted molar refractivity (Wildman–Crippen MR) is 200 cm³/mol. The molecular weight excluding hydrogens is 723 g/mol. The topological polar surface area (TPSA) is 174 Å². The fraction of sp³-hybridized carbons (Fsp3) is 0.300. The van der Waals surface area contributed by atoms with Crippen molar-refractivity contribution in [1.29, 1.82) is 0 Å². The second-order valence-electron chi connectivity index (χ2n) is 14.0. The lowest BCUT2D eigenvalue weighted by Gasteiger charge is -2.40. The van der Waals surface area contributed by atoms with Gasteiger partial charge < -0.3 is 24.8 Å². The molecule has 16 heteroatoms. The molecule has 1 unspecified atom stereocenters. The Morgan fingerprint density at radius 1 is 0.786 bits per heavy atom. The van der Waals surface area contributed by atoms with Gasteiger partial charge in [-0.15, -0.1) is 0 Å². The van der Waals surface area contributed by atoms with E-state index in [0.717, 1.165) is 16.7 Å². The van der Waals surface area contributed by atoms with Crippen molar-refractivity contribution < 1.29 is 37.9 Å². The molecule has 6 amide bonds. The zero-order valence-electron chi connectivity index (χ0n) is 30.2. The Morgan fingerprint density at radius 3 is 2.11 bits per heavy atom. The molecule has 0 aliphatic carbocycles. The number of fused-ring (bicyclic) bond motifs is 1. The van der Waals surface area contributed by atoms with E-state index in [1.807, 2.05) is 42.5 Å². The molecule has 4 aliphatic rings. The van der Waals surface area contributed by atoms with Gasteiger partial charge in [-0.3, -0.25) is 39.0 Å². The van der Waals surface area contributed by atoms with Crippen LogP contribution < -0.4 is 25.2 Å². The third kappa shape index (κ3) is 7.24. The van der Waals surface area contributed by atoms with Gasteiger partial charge in [0, 0.05) is 75.4 Å². The Balaban J connectivity index is 0.809. The molecular formula is C40H37FN8O7. The van der Waals surface area contributed by atoms with E-state index < -0.39 is 35.5 Å². The van der Waals surface area contributed by atoms with Crippen molar-refractivity contribution in [1.82, 2.24) is 25.1 Å². The molecule has 3 saturated heterocycles. The van der Waals surface area contributed by atoms with E-state index in [2.05, 4.69) is 25.5 Å². The van der Waals surface area contributed by atoms with Gasteiger partial charge in [0.15, 0.2) is 0 Å². The van der Waals surface area contributed by atoms with E-state index in [0.29, 0.717) is 63.5 Å². The highest BCUT2D eigenvalue weighted by molar-refractivity contribution is 6.23. The normalized spacial score (nSPS) is 18.8. The van der Waals surface area contributed by atoms with Gasteiger partial charge in [-0.1, -0.05) is 18.2 Å². The van der Waals surface area contributed by atoms with Crippen LogP contribution in [-0.4, -0.2) is 101 Å². The van der Waals surface area contributed by atoms with E-state index in [1.165, 1.54) is 18.5 Å². The molecule has 0 spiro atoms. The molecule has 4 aliphatic heterocycles. The number of rotatable bonds is 8. The van der Waals surface area contributed by atoms with Crippen molar-refractivity contribution in [2.24, 2.45) is 5.92 Å². The maximum absolute atomic E-state index is 15.4. The average molecular weight is 761 g/mol. The summed E-state index contributed by atoms with van der Waals surface area (Å²) in [5.41, 5.74) is 1.91. The predicted octanol–water partition coefficient (Wildman–Crippen LogP) is 3.63. The van der Waals surface area contributed by atoms with E-state index in [9.17, 15) is 28.8 Å². The molecule has 2 N–H and O–H groups in total. The quantitative estimate of drug-likeness (QED) is 0.251. The molecule has 4 aromatic rings. The molecule has 0 radical (unpaired) electrons. The molecule has 5 heterocycles. The summed E-state index contributed by atoms with van der Waals surface area (Å²) in [5.74, 6) is -3.21. The van der Waals surface area contributed by atoms with Gasteiger partial charge in [0.25, 0.3) is 17.7 Å². The summed E-state index contributed by atoms with van der Waals surface area (Å²) in [6.45, 7) is 2.78. The van der Waals surface area contributed by atoms with Crippen LogP contribution in [0.25, 0.3) is 0 Å². The summed E-state index contributed by atoms with van der Waals surface area (Å²) in [6.07, 6.45) is 4.14. The Bertz CT molecular complexity index is 2200. The molecule has 8 rings (SSSR count). The average Bonchev–Trinajstić information content (AvgIpc) is 3.45. The first-order valence-electron chi connectivity index (χ1n) is 18.4. The molecule has 15 nitrogen and oxygen atoms in total. The molecule has 0 bridgehead atoms. The number of nitrogens with one attached hydrogen (secondary N) is 2. The second kappa shape index (κ2) is 15.2. The lowest BCUT2D eigenvalue weighted by atomic mass is 9.94. The fourth-order valence-electron chi connectivity index (χ4n) is 7.57. The number of nitrogens with zero attached hydrogens (tertiary/aromatic N) is 6. The standard InChI is InChI=1S/C40H37FN8O7/c41-31-20-29-30(39(55)49(38(29)54)32-10-11-34(50)45-36(32)52)21-33(31)47-16-18-48(19-17-47)37(53)24-12-14-46(15-13-24)27-8-6-26(7-9-27)44-35(51)25-22-42-40(43-23-25)56-28-4-2-1-3-5-28/h1-9,20-24,32H,10-19H2,(H,44,51)(H,45,50,52). The van der Waals surface area contributed by atoms with Gasteiger partial charge in [-0.05, 0) is 67.8 Å². The number of carbonyl (C=O) groups is 6. The Labute approximate surface area is 320 Å². The highest BCUT2D eigenvalue weighted by Crippen LogP contribution is 2.34. The van der Waals surface area contributed by atoms with Gasteiger partial charge in [-0.2, -0.15) is 0 Å². The first-order chi connectivity index (χ1) is 27.1. The highest BCUT2D eigenvalue weighted by Gasteiger charge is 2.45. The van der Waals surface area contributed by atoms with E-state index in [4.69, 9.17) is 4.74 Å². The number of amides is 6. The smallest absolute Gasteiger partial charge is 0.321 e. The van der Waals surface area contributed by atoms with Crippen molar-refractivity contribution in [2.45, 2.75) is 31.7 Å². The number of hydrogen-bond donors (Lipinski definition) is 2. The number of piperazine rings is 1. The second-order valence-corrected chi connectivity index (χ2v) is 14.0. The minimum atomic E-state index is -1.14. The first kappa shape index (κ1) is 36.3. The van der Waals surface area contributed by atoms with Gasteiger partial charge >= 0.3 is 6.01 Å². The van der Waals surface area contributed by atoms with Crippen LogP contribution in [0.5, 0.6) is 11.8 Å². The number of hydrogen-bond acceptors (Lipinski definition) is 11. The third-order valence-electron chi connectivity index (χ3n) is 10.6. The van der Waals surface area contributed by atoms with E-state index in [-0.39, 0.29) is 59.0 Å². The number of carbonyl (C=O) groups excluding carboxylic acids is 6. The number of halogens is 1. The summed E-state index contributed by atoms with van der Waals surface area (Å²) >= 11 is 0. The molecule has 1 atom stereocenters. The van der Waals surface area contributed by atoms with Crippen molar-refractivity contribution >= 4 is 52.5 Å². The van der Waals surface area contributed by atoms with Crippen LogP contribution in [0, 0.1) is 11.7 Å². The van der Waals surface area contributed by atoms with Crippen LogP contribution in [0.3, 0.4) is 0 Å². The van der Waals surface area contributed by atoms with Gasteiger partial charge in [0.2, 0.25) is 17.7 Å². The minimum absolute atomic E-state index is 0.00679. The molecule has 286 valence electrons. The van der Waals surface area contributed by atoms with Crippen LogP contribution in [0.2, 0.25) is 0 Å². The number of ether oxygens (including phenoxy) is 1. The first-order valence-corrected chi connectivity index (χ1v) is 18.4. The zero-order valence-corrected chi connectivity index (χ0v) is 30.2. The third-order valence-corrected chi connectivity index (χ3v) is 10.6. The Hall–Kier alpha value is -6.71. The SMILES string of the molecule is O=C1CCC(N2C(=O)c3cc(F)c(N4CCN(C(=O)C5CCN(c6ccc(NC(=O)c7cnc(Oc8ccccc8)nc7)cc6)CC5)CC4)cc3C2=O)C(=O)N1. The molecule has 1 aromatic heterocycles. The number of anilines is 3. The van der Waals surface area contributed by atoms with Crippen LogP contribution >= 0.6 is 0 Å². The molecule has 3 aromatic carbocycles. The van der Waals surface area contributed by atoms with Gasteiger partial charge in [0.05, 0.1) is 22.4 Å². The number of imide groups is 2. The molecule has 56 heavy (non-hydrogen) atoms. The van der Waals surface area contributed by atoms with Crippen LogP contribution in [0.1, 0.15) is 56.8 Å². The molecule has 0 saturated carbocycles. The van der Waals surface area contributed by atoms with Crippen molar-refractivity contribution in [3.05, 3.63) is 102 Å². The monoisotopic (exact) mass is 760 g/mol. The van der Waals surface area contributed by atoms with Crippen molar-refractivity contribution in [3.8, 4) is 11.8 Å². The highest BCUT2D eigenvalue weighted by atomic mass is 19.1.